The second kappa shape index (κ2) is 12.6. The van der Waals surface area contributed by atoms with Gasteiger partial charge in [-0.25, -0.2) is 4.39 Å². The Morgan fingerprint density at radius 2 is 1.79 bits per heavy atom. The van der Waals surface area contributed by atoms with Crippen LogP contribution < -0.4 is 15.5 Å². The van der Waals surface area contributed by atoms with Crippen LogP contribution in [0.15, 0.2) is 72.8 Å². The van der Waals surface area contributed by atoms with Gasteiger partial charge in [-0.15, -0.1) is 10.2 Å². The summed E-state index contributed by atoms with van der Waals surface area (Å²) in [7, 11) is 0. The summed E-state index contributed by atoms with van der Waals surface area (Å²) in [6.07, 6.45) is 0.274. The monoisotopic (exact) mass is 569 g/mol. The fourth-order valence-corrected chi connectivity index (χ4v) is 5.32. The molecule has 0 spiro atoms. The molecule has 0 fully saturated rings. The molecule has 2 amide bonds. The van der Waals surface area contributed by atoms with Gasteiger partial charge in [0.05, 0.1) is 6.54 Å². The number of nitrogens with one attached hydrogen (secondary N) is 3. The Morgan fingerprint density at radius 1 is 1.07 bits per heavy atom. The molecule has 0 radical (unpaired) electrons. The number of aromatic amines is 1. The van der Waals surface area contributed by atoms with Crippen molar-refractivity contribution in [3.05, 3.63) is 83.9 Å². The molecule has 0 saturated heterocycles. The predicted octanol–water partition coefficient (Wildman–Crippen LogP) is 4.61. The highest BCUT2D eigenvalue weighted by Gasteiger charge is 2.32. The number of aryl methyl sites for hydroxylation is 1. The number of benzene rings is 3. The van der Waals surface area contributed by atoms with Crippen molar-refractivity contribution in [1.29, 1.82) is 0 Å². The van der Waals surface area contributed by atoms with Crippen molar-refractivity contribution in [2.24, 2.45) is 0 Å². The fourth-order valence-electron chi connectivity index (χ4n) is 5.32. The predicted molar refractivity (Wildman–Crippen MR) is 160 cm³/mol. The van der Waals surface area contributed by atoms with Crippen LogP contribution in [0.3, 0.4) is 0 Å². The largest absolute Gasteiger partial charge is 0.344 e. The number of alkyl halides is 1. The molecule has 1 aliphatic heterocycles. The number of H-pyrrole nitrogens is 1. The zero-order chi connectivity index (χ0) is 29.7. The zero-order valence-corrected chi connectivity index (χ0v) is 24.1. The zero-order valence-electron chi connectivity index (χ0n) is 24.1. The summed E-state index contributed by atoms with van der Waals surface area (Å²) in [5, 5.41) is 20.5. The Morgan fingerprint density at radius 3 is 2.50 bits per heavy atom. The van der Waals surface area contributed by atoms with E-state index in [2.05, 4.69) is 31.3 Å². The minimum atomic E-state index is -1.02. The van der Waals surface area contributed by atoms with Gasteiger partial charge >= 0.3 is 0 Å². The maximum Gasteiger partial charge on any atom is 0.249 e. The van der Waals surface area contributed by atoms with E-state index in [0.29, 0.717) is 25.2 Å². The first-order valence-electron chi connectivity index (χ1n) is 14.2. The highest BCUT2D eigenvalue weighted by molar-refractivity contribution is 6.00. The van der Waals surface area contributed by atoms with Crippen molar-refractivity contribution in [1.82, 2.24) is 31.3 Å². The van der Waals surface area contributed by atoms with Crippen LogP contribution in [0.25, 0.3) is 22.5 Å². The van der Waals surface area contributed by atoms with Crippen LogP contribution in [0.1, 0.15) is 44.7 Å². The number of hydrogen-bond acceptors (Lipinski definition) is 6. The van der Waals surface area contributed by atoms with Crippen molar-refractivity contribution < 1.29 is 14.0 Å². The summed E-state index contributed by atoms with van der Waals surface area (Å²) < 4.78 is 13.4. The third-order valence-electron chi connectivity index (χ3n) is 7.47. The number of tetrazole rings is 1. The number of carbonyl (C=O) groups excluding carboxylic acids is 2. The minimum absolute atomic E-state index is 0.128. The first kappa shape index (κ1) is 29.1. The number of hydrogen-bond donors (Lipinski definition) is 3. The Hall–Kier alpha value is -4.44. The number of fused-ring (bicyclic) bond motifs is 1. The van der Waals surface area contributed by atoms with Crippen LogP contribution in [-0.2, 0) is 22.6 Å². The number of para-hydroxylation sites is 1. The molecule has 5 rings (SSSR count). The van der Waals surface area contributed by atoms with E-state index in [-0.39, 0.29) is 24.8 Å². The average molecular weight is 570 g/mol. The molecule has 0 bridgehead atoms. The highest BCUT2D eigenvalue weighted by Crippen LogP contribution is 2.32. The van der Waals surface area contributed by atoms with Crippen molar-refractivity contribution in [2.75, 3.05) is 11.4 Å². The first-order valence-corrected chi connectivity index (χ1v) is 14.2. The molecule has 1 aromatic heterocycles. The Kier molecular flexibility index (Phi) is 8.72. The van der Waals surface area contributed by atoms with Gasteiger partial charge in [-0.3, -0.25) is 9.59 Å². The molecule has 218 valence electrons. The van der Waals surface area contributed by atoms with Crippen LogP contribution in [0.5, 0.6) is 0 Å². The van der Waals surface area contributed by atoms with Crippen LogP contribution in [0.2, 0.25) is 0 Å². The number of aromatic nitrogens is 4. The van der Waals surface area contributed by atoms with Crippen LogP contribution in [-0.4, -0.2) is 56.7 Å². The quantitative estimate of drug-likeness (QED) is 0.257. The topological polar surface area (TPSA) is 116 Å². The van der Waals surface area contributed by atoms with Crippen LogP contribution in [0.4, 0.5) is 10.1 Å². The maximum atomic E-state index is 13.9. The van der Waals surface area contributed by atoms with Gasteiger partial charge in [0.2, 0.25) is 17.6 Å². The van der Waals surface area contributed by atoms with E-state index in [4.69, 9.17) is 0 Å². The van der Waals surface area contributed by atoms with Gasteiger partial charge in [0.15, 0.2) is 0 Å². The van der Waals surface area contributed by atoms with Gasteiger partial charge in [-0.1, -0.05) is 66.7 Å². The van der Waals surface area contributed by atoms with Gasteiger partial charge in [0.1, 0.15) is 12.2 Å². The molecular formula is C32H36FN7O2. The van der Waals surface area contributed by atoms with Gasteiger partial charge in [-0.05, 0) is 67.1 Å². The second-order valence-electron chi connectivity index (χ2n) is 11.4. The van der Waals surface area contributed by atoms with E-state index in [9.17, 15) is 14.0 Å². The molecule has 0 unspecified atom stereocenters. The van der Waals surface area contributed by atoms with Crippen molar-refractivity contribution in [2.45, 2.75) is 64.3 Å². The third kappa shape index (κ3) is 6.88. The van der Waals surface area contributed by atoms with Gasteiger partial charge < -0.3 is 15.5 Å². The third-order valence-corrected chi connectivity index (χ3v) is 7.47. The molecular weight excluding hydrogens is 533 g/mol. The molecule has 3 aromatic carbocycles. The summed E-state index contributed by atoms with van der Waals surface area (Å²) in [5.41, 5.74) is 5.10. The van der Waals surface area contributed by atoms with E-state index >= 15 is 0 Å². The van der Waals surface area contributed by atoms with E-state index < -0.39 is 17.8 Å². The Balaban J connectivity index is 1.34. The van der Waals surface area contributed by atoms with E-state index in [1.165, 1.54) is 6.92 Å². The summed E-state index contributed by atoms with van der Waals surface area (Å²) in [6.45, 7) is 5.71. The van der Waals surface area contributed by atoms with E-state index in [1.807, 2.05) is 86.6 Å². The second-order valence-corrected chi connectivity index (χ2v) is 11.4. The molecule has 0 saturated carbocycles. The number of halogens is 1. The molecule has 2 heterocycles. The highest BCUT2D eigenvalue weighted by atomic mass is 19.1. The number of nitrogens with zero attached hydrogens (tertiary/aromatic N) is 4. The lowest BCUT2D eigenvalue weighted by Crippen LogP contribution is -2.51. The van der Waals surface area contributed by atoms with Crippen molar-refractivity contribution in [3.8, 4) is 22.5 Å². The van der Waals surface area contributed by atoms with Gasteiger partial charge in [0.25, 0.3) is 0 Å². The van der Waals surface area contributed by atoms with Crippen molar-refractivity contribution >= 4 is 17.5 Å². The lowest BCUT2D eigenvalue weighted by Gasteiger charge is -2.29. The molecule has 1 aliphatic rings. The van der Waals surface area contributed by atoms with Crippen LogP contribution >= 0.6 is 0 Å². The number of amides is 2. The summed E-state index contributed by atoms with van der Waals surface area (Å²) in [4.78, 5) is 28.7. The summed E-state index contributed by atoms with van der Waals surface area (Å²) in [6, 6.07) is 23.1. The smallest absolute Gasteiger partial charge is 0.249 e. The summed E-state index contributed by atoms with van der Waals surface area (Å²) in [5.74, 6) is 0.126. The number of anilines is 1. The fraction of sp³-hybridized carbons (Fsp3) is 0.344. The molecule has 4 aromatic rings. The van der Waals surface area contributed by atoms with E-state index in [0.717, 1.165) is 33.5 Å². The first-order chi connectivity index (χ1) is 20.2. The lowest BCUT2D eigenvalue weighted by molar-refractivity contribution is -0.128. The maximum absolute atomic E-state index is 13.9. The number of rotatable bonds is 10. The molecule has 3 N–H and O–H groups in total. The number of carbonyl (C=O) groups is 2. The van der Waals surface area contributed by atoms with Crippen LogP contribution in [0, 0.1) is 0 Å². The molecule has 2 atom stereocenters. The molecule has 10 heteroatoms. The average Bonchev–Trinajstić information content (AvgIpc) is 3.48. The standard InChI is InChI=1S/C32H36FN7O2/c1-21(33)19-34-32(2,3)18-29(41)35-27-17-16-24-8-4-7-11-28(24)40(31(27)42)20-22-12-14-23(15-13-22)25-9-5-6-10-26(25)30-36-38-39-37-30/h4-15,21,27,34H,16-20H2,1-3H3,(H,35,41)(H,36,37,38,39)/t21-,27-/m1/s1. The molecule has 9 nitrogen and oxygen atoms in total. The van der Waals surface area contributed by atoms with Gasteiger partial charge in [0, 0.05) is 29.8 Å². The molecule has 0 aliphatic carbocycles. The summed E-state index contributed by atoms with van der Waals surface area (Å²) >= 11 is 0. The van der Waals surface area contributed by atoms with Gasteiger partial charge in [-0.2, -0.15) is 5.21 Å². The Bertz CT molecular complexity index is 1520. The normalized spacial score (nSPS) is 16.0. The lowest BCUT2D eigenvalue weighted by atomic mass is 9.98. The van der Waals surface area contributed by atoms with E-state index in [1.54, 1.807) is 4.90 Å². The SMILES string of the molecule is C[C@@H](F)CNC(C)(C)CC(=O)N[C@@H]1CCc2ccccc2N(Cc2ccc(-c3ccccc3-c3nn[nH]n3)cc2)C1=O. The van der Waals surface area contributed by atoms with Crippen molar-refractivity contribution in [3.63, 3.8) is 0 Å². The minimum Gasteiger partial charge on any atom is -0.344 e. The Labute approximate surface area is 244 Å². The molecule has 42 heavy (non-hydrogen) atoms.